The summed E-state index contributed by atoms with van der Waals surface area (Å²) in [6.45, 7) is -0.368. The first-order valence-corrected chi connectivity index (χ1v) is 2.55. The molecule has 0 amide bonds. The zero-order valence-electron chi connectivity index (χ0n) is 5.15. The predicted molar refractivity (Wildman–Crippen MR) is 33.2 cm³/mol. The number of rotatable bonds is 4. The first-order valence-electron chi connectivity index (χ1n) is 2.55. The van der Waals surface area contributed by atoms with Crippen LogP contribution in [0.3, 0.4) is 0 Å². The van der Waals surface area contributed by atoms with E-state index in [1.54, 1.807) is 0 Å². The summed E-state index contributed by atoms with van der Waals surface area (Å²) in [5.41, 5.74) is 0. The highest BCUT2D eigenvalue weighted by atomic mass is 16.4. The average molecular weight is 145 g/mol. The minimum absolute atomic E-state index is 0.229. The molecule has 5 nitrogen and oxygen atoms in total. The Morgan fingerprint density at radius 2 is 1.90 bits per heavy atom. The fourth-order valence-corrected chi connectivity index (χ4v) is 0.285. The molecule has 2 N–H and O–H groups in total. The Kier molecular flexibility index (Phi) is 3.86. The number of carboxylic acid groups (broad SMARTS) is 2. The van der Waals surface area contributed by atoms with Crippen molar-refractivity contribution < 1.29 is 19.8 Å². The van der Waals surface area contributed by atoms with Crippen LogP contribution in [-0.2, 0) is 9.59 Å². The van der Waals surface area contributed by atoms with Gasteiger partial charge < -0.3 is 10.2 Å². The molecule has 0 aromatic heterocycles. The van der Waals surface area contributed by atoms with Crippen LogP contribution in [0.2, 0.25) is 0 Å². The molecule has 0 aliphatic heterocycles. The van der Waals surface area contributed by atoms with Gasteiger partial charge in [-0.05, 0) is 0 Å². The van der Waals surface area contributed by atoms with E-state index in [0.29, 0.717) is 0 Å². The van der Waals surface area contributed by atoms with Crippen molar-refractivity contribution in [3.63, 3.8) is 0 Å². The van der Waals surface area contributed by atoms with E-state index in [4.69, 9.17) is 10.2 Å². The van der Waals surface area contributed by atoms with Crippen LogP contribution in [0.15, 0.2) is 4.99 Å². The van der Waals surface area contributed by atoms with Crippen LogP contribution in [0.1, 0.15) is 6.42 Å². The van der Waals surface area contributed by atoms with Crippen molar-refractivity contribution in [2.75, 3.05) is 6.54 Å². The van der Waals surface area contributed by atoms with Gasteiger partial charge in [-0.25, -0.2) is 0 Å². The van der Waals surface area contributed by atoms with Gasteiger partial charge >= 0.3 is 11.9 Å². The summed E-state index contributed by atoms with van der Waals surface area (Å²) in [5, 5.41) is 16.1. The third-order valence-electron chi connectivity index (χ3n) is 0.622. The molecule has 0 fully saturated rings. The van der Waals surface area contributed by atoms with Crippen molar-refractivity contribution in [2.24, 2.45) is 4.99 Å². The van der Waals surface area contributed by atoms with Crippen molar-refractivity contribution >= 4 is 18.2 Å². The number of aliphatic carboxylic acids is 2. The standard InChI is InChI=1S/C5H7NO4/c7-4(8)1-2-6-3-5(9)10/h2H,1,3H2,(H,7,8)(H,9,10). The van der Waals surface area contributed by atoms with Gasteiger partial charge in [0.25, 0.3) is 0 Å². The van der Waals surface area contributed by atoms with Gasteiger partial charge in [-0.15, -0.1) is 0 Å². The second kappa shape index (κ2) is 4.49. The lowest BCUT2D eigenvalue weighted by molar-refractivity contribution is -0.136. The van der Waals surface area contributed by atoms with E-state index >= 15 is 0 Å². The second-order valence-corrected chi connectivity index (χ2v) is 1.51. The third-order valence-corrected chi connectivity index (χ3v) is 0.622. The number of carboxylic acids is 2. The average Bonchev–Trinajstić information content (AvgIpc) is 1.79. The quantitative estimate of drug-likeness (QED) is 0.527. The number of carbonyl (C=O) groups is 2. The van der Waals surface area contributed by atoms with Crippen LogP contribution < -0.4 is 0 Å². The van der Waals surface area contributed by atoms with Gasteiger partial charge in [-0.1, -0.05) is 0 Å². The van der Waals surface area contributed by atoms with Gasteiger partial charge in [0.1, 0.15) is 6.54 Å². The van der Waals surface area contributed by atoms with E-state index in [9.17, 15) is 9.59 Å². The van der Waals surface area contributed by atoms with Crippen molar-refractivity contribution in [3.05, 3.63) is 0 Å². The molecule has 56 valence electrons. The summed E-state index contributed by atoms with van der Waals surface area (Å²) >= 11 is 0. The lowest BCUT2D eigenvalue weighted by atomic mass is 10.5. The Bertz CT molecular complexity index is 145. The molecule has 5 heteroatoms. The van der Waals surface area contributed by atoms with Crippen LogP contribution >= 0.6 is 0 Å². The van der Waals surface area contributed by atoms with Crippen molar-refractivity contribution in [1.29, 1.82) is 0 Å². The maximum atomic E-state index is 9.81. The maximum absolute atomic E-state index is 9.81. The Labute approximate surface area is 57.0 Å². The monoisotopic (exact) mass is 145 g/mol. The Balaban J connectivity index is 3.38. The second-order valence-electron chi connectivity index (χ2n) is 1.51. The molecule has 0 rings (SSSR count). The summed E-state index contributed by atoms with van der Waals surface area (Å²) in [6.07, 6.45) is 0.837. The molecule has 0 heterocycles. The lowest BCUT2D eigenvalue weighted by Crippen LogP contribution is -2.01. The Morgan fingerprint density at radius 3 is 2.30 bits per heavy atom. The molecule has 0 aromatic rings. The molecule has 0 aromatic carbocycles. The molecule has 0 aliphatic carbocycles. The van der Waals surface area contributed by atoms with Gasteiger partial charge in [-0.2, -0.15) is 0 Å². The Hall–Kier alpha value is -1.39. The van der Waals surface area contributed by atoms with Crippen molar-refractivity contribution in [1.82, 2.24) is 0 Å². The zero-order chi connectivity index (χ0) is 7.98. The summed E-state index contributed by atoms with van der Waals surface area (Å²) < 4.78 is 0. The third kappa shape index (κ3) is 6.61. The number of aliphatic imine (C=N–C) groups is 1. The minimum atomic E-state index is -1.07. The fraction of sp³-hybridized carbons (Fsp3) is 0.400. The number of hydrogen-bond acceptors (Lipinski definition) is 3. The molecule has 0 aliphatic rings. The fourth-order valence-electron chi connectivity index (χ4n) is 0.285. The van der Waals surface area contributed by atoms with Crippen molar-refractivity contribution in [2.45, 2.75) is 6.42 Å². The molecule has 0 radical (unpaired) electrons. The highest BCUT2D eigenvalue weighted by Crippen LogP contribution is 1.74. The summed E-state index contributed by atoms with van der Waals surface area (Å²) in [6, 6.07) is 0. The largest absolute Gasteiger partial charge is 0.481 e. The molecule has 0 saturated carbocycles. The smallest absolute Gasteiger partial charge is 0.325 e. The highest BCUT2D eigenvalue weighted by Gasteiger charge is 1.92. The van der Waals surface area contributed by atoms with Crippen LogP contribution in [-0.4, -0.2) is 34.9 Å². The lowest BCUT2D eigenvalue weighted by Gasteiger charge is -1.83. The predicted octanol–water partition coefficient (Wildman–Crippen LogP) is -0.384. The van der Waals surface area contributed by atoms with Gasteiger partial charge in [0.05, 0.1) is 6.42 Å². The van der Waals surface area contributed by atoms with E-state index in [1.165, 1.54) is 0 Å². The van der Waals surface area contributed by atoms with Gasteiger partial charge in [0.15, 0.2) is 0 Å². The first kappa shape index (κ1) is 8.61. The van der Waals surface area contributed by atoms with Gasteiger partial charge in [-0.3, -0.25) is 14.6 Å². The molecule has 0 bridgehead atoms. The molecule has 0 unspecified atom stereocenters. The summed E-state index contributed by atoms with van der Waals surface area (Å²) in [4.78, 5) is 22.9. The van der Waals surface area contributed by atoms with Crippen molar-refractivity contribution in [3.8, 4) is 0 Å². The molecule has 0 saturated heterocycles. The van der Waals surface area contributed by atoms with E-state index < -0.39 is 11.9 Å². The SMILES string of the molecule is O=C(O)CC=NCC(=O)O. The van der Waals surface area contributed by atoms with E-state index in [-0.39, 0.29) is 13.0 Å². The summed E-state index contributed by atoms with van der Waals surface area (Å²) in [7, 11) is 0. The maximum Gasteiger partial charge on any atom is 0.325 e. The van der Waals surface area contributed by atoms with E-state index in [1.807, 2.05) is 0 Å². The highest BCUT2D eigenvalue weighted by molar-refractivity contribution is 5.85. The number of hydrogen-bond donors (Lipinski definition) is 2. The zero-order valence-corrected chi connectivity index (χ0v) is 5.15. The van der Waals surface area contributed by atoms with Crippen LogP contribution in [0.25, 0.3) is 0 Å². The molecule has 0 spiro atoms. The molecular formula is C5H7NO4. The molecular weight excluding hydrogens is 138 g/mol. The van der Waals surface area contributed by atoms with E-state index in [0.717, 1.165) is 6.21 Å². The number of nitrogens with zero attached hydrogens (tertiary/aromatic N) is 1. The van der Waals surface area contributed by atoms with Crippen LogP contribution in [0, 0.1) is 0 Å². The van der Waals surface area contributed by atoms with Gasteiger partial charge in [0, 0.05) is 6.21 Å². The van der Waals surface area contributed by atoms with Crippen LogP contribution in [0.5, 0.6) is 0 Å². The molecule has 0 atom stereocenters. The minimum Gasteiger partial charge on any atom is -0.481 e. The topological polar surface area (TPSA) is 87.0 Å². The Morgan fingerprint density at radius 1 is 1.30 bits per heavy atom. The van der Waals surface area contributed by atoms with Crippen LogP contribution in [0.4, 0.5) is 0 Å². The molecule has 10 heavy (non-hydrogen) atoms. The summed E-state index contributed by atoms with van der Waals surface area (Å²) in [5.74, 6) is -2.09. The van der Waals surface area contributed by atoms with E-state index in [2.05, 4.69) is 4.99 Å². The normalized spacial score (nSPS) is 10.0. The first-order chi connectivity index (χ1) is 4.63. The van der Waals surface area contributed by atoms with Gasteiger partial charge in [0.2, 0.25) is 0 Å².